The quantitative estimate of drug-likeness (QED) is 0.528. The number of nitro benzene ring substituents is 1. The largest absolute Gasteiger partial charge is 0.360 e. The normalized spacial score (nSPS) is 12.9. The van der Waals surface area contributed by atoms with Gasteiger partial charge in [-0.05, 0) is 26.3 Å². The summed E-state index contributed by atoms with van der Waals surface area (Å²) in [5.41, 5.74) is 0.648. The number of carbonyl (C=O) groups is 2. The molecule has 2 rings (SSSR count). The van der Waals surface area contributed by atoms with Crippen LogP contribution < -0.4 is 5.32 Å². The van der Waals surface area contributed by atoms with Gasteiger partial charge in [-0.15, -0.1) is 11.8 Å². The minimum atomic E-state index is -0.470. The number of anilines is 1. The predicted molar refractivity (Wildman–Crippen MR) is 106 cm³/mol. The highest BCUT2D eigenvalue weighted by Gasteiger charge is 2.22. The first kappa shape index (κ1) is 21.4. The van der Waals surface area contributed by atoms with Crippen LogP contribution >= 0.6 is 11.8 Å². The summed E-state index contributed by atoms with van der Waals surface area (Å²) in [6.45, 7) is 5.22. The molecule has 0 aliphatic carbocycles. The lowest BCUT2D eigenvalue weighted by molar-refractivity contribution is -0.384. The molecule has 10 heteroatoms. The highest BCUT2D eigenvalue weighted by molar-refractivity contribution is 8.01. The fraction of sp³-hybridized carbons (Fsp3) is 0.389. The number of hydrogen-bond acceptors (Lipinski definition) is 7. The molecule has 2 aromatic rings. The van der Waals surface area contributed by atoms with Crippen LogP contribution in [-0.4, -0.2) is 44.8 Å². The van der Waals surface area contributed by atoms with Gasteiger partial charge in [0.2, 0.25) is 11.8 Å². The molecule has 1 heterocycles. The minimum Gasteiger partial charge on any atom is -0.360 e. The van der Waals surface area contributed by atoms with Gasteiger partial charge in [0.05, 0.1) is 22.0 Å². The van der Waals surface area contributed by atoms with Gasteiger partial charge in [-0.1, -0.05) is 17.3 Å². The van der Waals surface area contributed by atoms with Crippen LogP contribution in [0.4, 0.5) is 11.5 Å². The van der Waals surface area contributed by atoms with Crippen molar-refractivity contribution in [1.82, 2.24) is 10.1 Å². The van der Waals surface area contributed by atoms with Crippen molar-refractivity contribution in [2.75, 3.05) is 18.1 Å². The van der Waals surface area contributed by atoms with Crippen LogP contribution in [-0.2, 0) is 9.59 Å². The van der Waals surface area contributed by atoms with E-state index in [0.717, 1.165) is 0 Å². The number of carbonyl (C=O) groups excluding carboxylic acids is 2. The van der Waals surface area contributed by atoms with Crippen molar-refractivity contribution in [3.63, 3.8) is 0 Å². The summed E-state index contributed by atoms with van der Waals surface area (Å²) >= 11 is 1.20. The van der Waals surface area contributed by atoms with E-state index in [1.54, 1.807) is 46.0 Å². The Morgan fingerprint density at radius 1 is 1.36 bits per heavy atom. The number of benzene rings is 1. The number of aryl methyl sites for hydroxylation is 1. The number of hydrogen-bond donors (Lipinski definition) is 1. The number of nitrogens with one attached hydrogen (secondary N) is 1. The Morgan fingerprint density at radius 3 is 2.68 bits per heavy atom. The second-order valence-corrected chi connectivity index (χ2v) is 7.63. The first-order valence-corrected chi connectivity index (χ1v) is 9.59. The number of non-ortho nitro benzene ring substituents is 1. The Labute approximate surface area is 166 Å². The highest BCUT2D eigenvalue weighted by atomic mass is 32.2. The van der Waals surface area contributed by atoms with E-state index < -0.39 is 10.2 Å². The standard InChI is InChI=1S/C18H22N4O5S/c1-11-8-16(20-27-11)19-18(24)13(3)28-10-17(23)21(4)12(2)14-6-5-7-15(9-14)22(25)26/h5-9,12-13H,10H2,1-4H3,(H,19,20,24)/t12-,13-/m0/s1. The monoisotopic (exact) mass is 406 g/mol. The summed E-state index contributed by atoms with van der Waals surface area (Å²) in [6.07, 6.45) is 0. The molecule has 0 radical (unpaired) electrons. The van der Waals surface area contributed by atoms with E-state index in [1.165, 1.54) is 28.8 Å². The second-order valence-electron chi connectivity index (χ2n) is 6.30. The molecule has 1 aromatic heterocycles. The zero-order valence-electron chi connectivity index (χ0n) is 16.0. The molecule has 1 N–H and O–H groups in total. The van der Waals surface area contributed by atoms with Crippen molar-refractivity contribution >= 4 is 35.1 Å². The zero-order chi connectivity index (χ0) is 20.8. The van der Waals surface area contributed by atoms with Gasteiger partial charge in [-0.3, -0.25) is 19.7 Å². The third kappa shape index (κ3) is 5.56. The molecule has 150 valence electrons. The molecular weight excluding hydrogens is 384 g/mol. The van der Waals surface area contributed by atoms with Gasteiger partial charge in [0.15, 0.2) is 5.82 Å². The van der Waals surface area contributed by atoms with Gasteiger partial charge in [0, 0.05) is 25.2 Å². The van der Waals surface area contributed by atoms with Crippen LogP contribution in [0, 0.1) is 17.0 Å². The molecule has 0 aliphatic rings. The molecule has 0 aliphatic heterocycles. The lowest BCUT2D eigenvalue weighted by atomic mass is 10.1. The van der Waals surface area contributed by atoms with Crippen LogP contribution in [0.5, 0.6) is 0 Å². The van der Waals surface area contributed by atoms with Gasteiger partial charge in [0.1, 0.15) is 5.76 Å². The number of aromatic nitrogens is 1. The molecule has 0 bridgehead atoms. The third-order valence-electron chi connectivity index (χ3n) is 4.24. The maximum Gasteiger partial charge on any atom is 0.269 e. The van der Waals surface area contributed by atoms with Gasteiger partial charge < -0.3 is 14.7 Å². The maximum atomic E-state index is 12.5. The summed E-state index contributed by atoms with van der Waals surface area (Å²) in [5.74, 6) is 0.559. The van der Waals surface area contributed by atoms with E-state index in [-0.39, 0.29) is 29.3 Å². The summed E-state index contributed by atoms with van der Waals surface area (Å²) in [6, 6.07) is 7.46. The first-order valence-electron chi connectivity index (χ1n) is 8.55. The molecule has 0 saturated carbocycles. The Morgan fingerprint density at radius 2 is 2.07 bits per heavy atom. The molecule has 2 amide bonds. The van der Waals surface area contributed by atoms with Crippen LogP contribution in [0.25, 0.3) is 0 Å². The average Bonchev–Trinajstić information content (AvgIpc) is 3.09. The molecular formula is C18H22N4O5S. The molecule has 0 spiro atoms. The fourth-order valence-electron chi connectivity index (χ4n) is 2.36. The van der Waals surface area contributed by atoms with E-state index in [1.807, 2.05) is 0 Å². The molecule has 2 atom stereocenters. The Bertz CT molecular complexity index is 869. The average molecular weight is 406 g/mol. The fourth-order valence-corrected chi connectivity index (χ4v) is 3.17. The number of amides is 2. The number of rotatable bonds is 8. The van der Waals surface area contributed by atoms with Crippen LogP contribution in [0.3, 0.4) is 0 Å². The van der Waals surface area contributed by atoms with E-state index in [4.69, 9.17) is 4.52 Å². The van der Waals surface area contributed by atoms with Crippen LogP contribution in [0.15, 0.2) is 34.9 Å². The summed E-state index contributed by atoms with van der Waals surface area (Å²) < 4.78 is 4.89. The van der Waals surface area contributed by atoms with Crippen LogP contribution in [0.1, 0.15) is 31.2 Å². The Hall–Kier alpha value is -2.88. The van der Waals surface area contributed by atoms with E-state index >= 15 is 0 Å². The minimum absolute atomic E-state index is 0.0204. The zero-order valence-corrected chi connectivity index (χ0v) is 16.9. The van der Waals surface area contributed by atoms with Crippen molar-refractivity contribution < 1.29 is 19.0 Å². The predicted octanol–water partition coefficient (Wildman–Crippen LogP) is 3.17. The lowest BCUT2D eigenvalue weighted by Gasteiger charge is -2.25. The smallest absolute Gasteiger partial charge is 0.269 e. The Kier molecular flexibility index (Phi) is 7.16. The molecule has 0 unspecified atom stereocenters. The van der Waals surface area contributed by atoms with E-state index in [0.29, 0.717) is 17.1 Å². The third-order valence-corrected chi connectivity index (χ3v) is 5.37. The van der Waals surface area contributed by atoms with Crippen molar-refractivity contribution in [1.29, 1.82) is 0 Å². The summed E-state index contributed by atoms with van der Waals surface area (Å²) in [5, 5.41) is 16.8. The number of nitro groups is 1. The second kappa shape index (κ2) is 9.36. The number of thioether (sulfide) groups is 1. The van der Waals surface area contributed by atoms with Crippen LogP contribution in [0.2, 0.25) is 0 Å². The Balaban J connectivity index is 1.89. The van der Waals surface area contributed by atoms with Gasteiger partial charge >= 0.3 is 0 Å². The molecule has 9 nitrogen and oxygen atoms in total. The van der Waals surface area contributed by atoms with Crippen molar-refractivity contribution in [3.8, 4) is 0 Å². The van der Waals surface area contributed by atoms with Gasteiger partial charge in [-0.2, -0.15) is 0 Å². The molecule has 1 aromatic carbocycles. The van der Waals surface area contributed by atoms with Gasteiger partial charge in [0.25, 0.3) is 5.69 Å². The lowest BCUT2D eigenvalue weighted by Crippen LogP contribution is -2.32. The molecule has 28 heavy (non-hydrogen) atoms. The van der Waals surface area contributed by atoms with E-state index in [9.17, 15) is 19.7 Å². The molecule has 0 fully saturated rings. The summed E-state index contributed by atoms with van der Waals surface area (Å²) in [7, 11) is 1.63. The number of nitrogens with zero attached hydrogens (tertiary/aromatic N) is 3. The maximum absolute atomic E-state index is 12.5. The van der Waals surface area contributed by atoms with E-state index in [2.05, 4.69) is 10.5 Å². The molecule has 0 saturated heterocycles. The topological polar surface area (TPSA) is 119 Å². The van der Waals surface area contributed by atoms with Crippen molar-refractivity contribution in [3.05, 3.63) is 51.8 Å². The SMILES string of the molecule is Cc1cc(NC(=O)[C@H](C)SCC(=O)N(C)[C@@H](C)c2cccc([N+](=O)[O-])c2)no1. The van der Waals surface area contributed by atoms with Gasteiger partial charge in [-0.25, -0.2) is 0 Å². The van der Waals surface area contributed by atoms with Crippen molar-refractivity contribution in [2.24, 2.45) is 0 Å². The highest BCUT2D eigenvalue weighted by Crippen LogP contribution is 2.24. The summed E-state index contributed by atoms with van der Waals surface area (Å²) in [4.78, 5) is 36.6. The van der Waals surface area contributed by atoms with Crippen molar-refractivity contribution in [2.45, 2.75) is 32.1 Å². The first-order chi connectivity index (χ1) is 13.2.